The molecular formula is C29H37ClN4O7. The van der Waals surface area contributed by atoms with Crippen molar-refractivity contribution < 1.29 is 33.4 Å². The second-order valence-electron chi connectivity index (χ2n) is 11.9. The number of carbonyl (C=O) groups is 5. The van der Waals surface area contributed by atoms with E-state index in [1.165, 1.54) is 11.0 Å². The number of amides is 4. The first-order valence-electron chi connectivity index (χ1n) is 13.8. The number of nitrogens with one attached hydrogen (secondary N) is 3. The normalized spacial score (nSPS) is 23.9. The van der Waals surface area contributed by atoms with Gasteiger partial charge in [0, 0.05) is 24.6 Å². The minimum atomic E-state index is -1.02. The Morgan fingerprint density at radius 3 is 2.51 bits per heavy atom. The monoisotopic (exact) mass is 588 g/mol. The van der Waals surface area contributed by atoms with Gasteiger partial charge in [-0.2, -0.15) is 0 Å². The number of anilines is 1. The van der Waals surface area contributed by atoms with Crippen LogP contribution in [0, 0.1) is 17.3 Å². The Balaban J connectivity index is 1.52. The molecule has 0 radical (unpaired) electrons. The first-order valence-corrected chi connectivity index (χ1v) is 14.1. The average Bonchev–Trinajstić information content (AvgIpc) is 3.41. The predicted molar refractivity (Wildman–Crippen MR) is 151 cm³/mol. The molecule has 5 unspecified atom stereocenters. The van der Waals surface area contributed by atoms with Gasteiger partial charge in [-0.1, -0.05) is 52.3 Å². The third-order valence-corrected chi connectivity index (χ3v) is 7.72. The van der Waals surface area contributed by atoms with Crippen LogP contribution in [0.2, 0.25) is 5.02 Å². The number of cyclic esters (lactones) is 1. The van der Waals surface area contributed by atoms with Crippen molar-refractivity contribution in [2.75, 3.05) is 11.9 Å². The second-order valence-corrected chi connectivity index (χ2v) is 12.3. The number of nitrogens with zero attached hydrogens (tertiary/aromatic N) is 1. The summed E-state index contributed by atoms with van der Waals surface area (Å²) in [6.45, 7) is 11.0. The van der Waals surface area contributed by atoms with Crippen LogP contribution in [0.5, 0.6) is 0 Å². The maximum absolute atomic E-state index is 14.0. The van der Waals surface area contributed by atoms with E-state index in [9.17, 15) is 24.0 Å². The van der Waals surface area contributed by atoms with E-state index in [1.807, 2.05) is 20.8 Å². The molecule has 2 heterocycles. The van der Waals surface area contributed by atoms with Crippen molar-refractivity contribution in [2.45, 2.75) is 78.8 Å². The number of ether oxygens (including phenoxy) is 2. The van der Waals surface area contributed by atoms with Crippen molar-refractivity contribution in [3.63, 3.8) is 0 Å². The summed E-state index contributed by atoms with van der Waals surface area (Å²) in [5.74, 6) is -2.61. The van der Waals surface area contributed by atoms with E-state index < -0.39 is 53.5 Å². The summed E-state index contributed by atoms with van der Waals surface area (Å²) in [7, 11) is 0. The fraction of sp³-hybridized carbons (Fsp3) is 0.552. The zero-order chi connectivity index (χ0) is 30.2. The van der Waals surface area contributed by atoms with Crippen LogP contribution in [-0.2, 0) is 28.7 Å². The Hall–Kier alpha value is -3.44. The Labute approximate surface area is 244 Å². The third-order valence-electron chi connectivity index (χ3n) is 7.32. The molecule has 0 bridgehead atoms. The molecule has 1 aromatic rings. The molecule has 222 valence electrons. The van der Waals surface area contributed by atoms with Gasteiger partial charge in [-0.15, -0.1) is 0 Å². The van der Waals surface area contributed by atoms with Gasteiger partial charge in [0.1, 0.15) is 18.1 Å². The summed E-state index contributed by atoms with van der Waals surface area (Å²) in [5.41, 5.74) is 0.618. The van der Waals surface area contributed by atoms with Gasteiger partial charge in [-0.05, 0) is 36.5 Å². The molecule has 2 fully saturated rings. The summed E-state index contributed by atoms with van der Waals surface area (Å²) < 4.78 is 10.6. The quantitative estimate of drug-likeness (QED) is 0.376. The van der Waals surface area contributed by atoms with Crippen molar-refractivity contribution >= 4 is 46.9 Å². The molecule has 12 heteroatoms. The summed E-state index contributed by atoms with van der Waals surface area (Å²) >= 11 is 6.49. The van der Waals surface area contributed by atoms with Gasteiger partial charge in [0.05, 0.1) is 22.7 Å². The standard InChI is InChI=1S/C29H37ClN4O7/c1-7-40-28-19(12-20(35)41-28)32-26(38)22-17-11-15(17)13-34(22)27(39)23(29(4,5)6)33-25(37)16-9-8-10-18(21(16)30)31-24(36)14(2)3/h8-10,13-14,17,19,22-23,28H,7,11-12H2,1-6H3,(H,31,36)(H,32,38)(H,33,37). The van der Waals surface area contributed by atoms with Gasteiger partial charge < -0.3 is 30.3 Å². The largest absolute Gasteiger partial charge is 0.433 e. The van der Waals surface area contributed by atoms with Gasteiger partial charge >= 0.3 is 5.97 Å². The highest BCUT2D eigenvalue weighted by molar-refractivity contribution is 6.37. The molecule has 41 heavy (non-hydrogen) atoms. The van der Waals surface area contributed by atoms with Crippen molar-refractivity contribution in [1.29, 1.82) is 0 Å². The minimum Gasteiger partial charge on any atom is -0.433 e. The Morgan fingerprint density at radius 1 is 1.17 bits per heavy atom. The van der Waals surface area contributed by atoms with Crippen LogP contribution >= 0.6 is 11.6 Å². The third kappa shape index (κ3) is 6.56. The van der Waals surface area contributed by atoms with Crippen LogP contribution in [0.15, 0.2) is 30.0 Å². The van der Waals surface area contributed by atoms with Crippen molar-refractivity contribution in [3.05, 3.63) is 40.6 Å². The van der Waals surface area contributed by atoms with E-state index in [-0.39, 0.29) is 40.4 Å². The summed E-state index contributed by atoms with van der Waals surface area (Å²) in [5, 5.41) is 8.41. The molecule has 3 N–H and O–H groups in total. The lowest BCUT2D eigenvalue weighted by Crippen LogP contribution is -2.58. The number of benzene rings is 1. The van der Waals surface area contributed by atoms with Crippen LogP contribution in [0.1, 0.15) is 64.7 Å². The molecule has 1 saturated carbocycles. The first kappa shape index (κ1) is 30.5. The highest BCUT2D eigenvalue weighted by Gasteiger charge is 2.54. The van der Waals surface area contributed by atoms with E-state index in [0.29, 0.717) is 13.0 Å². The van der Waals surface area contributed by atoms with Crippen molar-refractivity contribution in [2.24, 2.45) is 17.3 Å². The maximum atomic E-state index is 14.0. The van der Waals surface area contributed by atoms with E-state index >= 15 is 0 Å². The van der Waals surface area contributed by atoms with Gasteiger partial charge in [0.25, 0.3) is 5.91 Å². The summed E-state index contributed by atoms with van der Waals surface area (Å²) in [4.78, 5) is 66.2. The molecular weight excluding hydrogens is 552 g/mol. The van der Waals surface area contributed by atoms with Crippen LogP contribution < -0.4 is 16.0 Å². The van der Waals surface area contributed by atoms with Crippen LogP contribution in [0.25, 0.3) is 0 Å². The summed E-state index contributed by atoms with van der Waals surface area (Å²) in [6, 6.07) is 2.19. The number of esters is 1. The number of carbonyl (C=O) groups excluding carboxylic acids is 5. The van der Waals surface area contributed by atoms with E-state index in [1.54, 1.807) is 39.1 Å². The lowest BCUT2D eigenvalue weighted by molar-refractivity contribution is -0.164. The smallest absolute Gasteiger partial charge is 0.310 e. The molecule has 1 saturated heterocycles. The fourth-order valence-corrected chi connectivity index (χ4v) is 5.20. The van der Waals surface area contributed by atoms with Gasteiger partial charge in [-0.25, -0.2) is 0 Å². The predicted octanol–water partition coefficient (Wildman–Crippen LogP) is 2.99. The zero-order valence-electron chi connectivity index (χ0n) is 24.1. The van der Waals surface area contributed by atoms with Gasteiger partial charge in [0.2, 0.25) is 24.0 Å². The second kappa shape index (κ2) is 11.8. The number of hydrogen-bond acceptors (Lipinski definition) is 7. The van der Waals surface area contributed by atoms with Crippen LogP contribution in [-0.4, -0.2) is 65.5 Å². The minimum absolute atomic E-state index is 0.0276. The summed E-state index contributed by atoms with van der Waals surface area (Å²) in [6.07, 6.45) is 1.45. The first-order chi connectivity index (χ1) is 19.2. The van der Waals surface area contributed by atoms with E-state index in [2.05, 4.69) is 16.0 Å². The molecule has 5 atom stereocenters. The molecule has 0 spiro atoms. The number of hydrogen-bond donors (Lipinski definition) is 3. The average molecular weight is 589 g/mol. The fourth-order valence-electron chi connectivity index (χ4n) is 4.95. The Bertz CT molecular complexity index is 1290. The van der Waals surface area contributed by atoms with E-state index in [0.717, 1.165) is 5.57 Å². The van der Waals surface area contributed by atoms with Gasteiger partial charge in [0.15, 0.2) is 0 Å². The molecule has 4 rings (SSSR count). The molecule has 0 aromatic heterocycles. The number of fused-ring (bicyclic) bond motifs is 1. The molecule has 11 nitrogen and oxygen atoms in total. The highest BCUT2D eigenvalue weighted by Crippen LogP contribution is 2.48. The molecule has 4 amide bonds. The lowest BCUT2D eigenvalue weighted by atomic mass is 9.85. The lowest BCUT2D eigenvalue weighted by Gasteiger charge is -2.36. The van der Waals surface area contributed by atoms with Crippen molar-refractivity contribution in [1.82, 2.24) is 15.5 Å². The molecule has 1 aliphatic carbocycles. The highest BCUT2D eigenvalue weighted by atomic mass is 35.5. The number of rotatable bonds is 9. The van der Waals surface area contributed by atoms with Crippen LogP contribution in [0.4, 0.5) is 5.69 Å². The zero-order valence-corrected chi connectivity index (χ0v) is 24.8. The molecule has 1 aromatic carbocycles. The Kier molecular flexibility index (Phi) is 8.79. The van der Waals surface area contributed by atoms with E-state index in [4.69, 9.17) is 21.1 Å². The number of halogens is 1. The molecule has 3 aliphatic rings. The Morgan fingerprint density at radius 2 is 1.88 bits per heavy atom. The SMILES string of the molecule is CCOC1OC(=O)CC1NC(=O)C1C2CC2=CN1C(=O)C(NC(=O)c1cccc(NC(=O)C(C)C)c1Cl)C(C)(C)C. The topological polar surface area (TPSA) is 143 Å². The van der Waals surface area contributed by atoms with Gasteiger partial charge in [-0.3, -0.25) is 24.0 Å². The molecule has 2 aliphatic heterocycles. The van der Waals surface area contributed by atoms with Crippen molar-refractivity contribution in [3.8, 4) is 0 Å². The van der Waals surface area contributed by atoms with Crippen LogP contribution in [0.3, 0.4) is 0 Å². The maximum Gasteiger partial charge on any atom is 0.310 e.